The lowest BCUT2D eigenvalue weighted by atomic mass is 10.0. The second-order valence-electron chi connectivity index (χ2n) is 16.5. The van der Waals surface area contributed by atoms with E-state index < -0.39 is 0 Å². The third-order valence-corrected chi connectivity index (χ3v) is 12.7. The van der Waals surface area contributed by atoms with Crippen molar-refractivity contribution in [3.63, 3.8) is 0 Å². The van der Waals surface area contributed by atoms with Crippen LogP contribution in [0, 0.1) is 0 Å². The maximum atomic E-state index is 5.02. The molecule has 9 aromatic carbocycles. The number of rotatable bonds is 7. The second kappa shape index (κ2) is 14.9. The van der Waals surface area contributed by atoms with E-state index in [2.05, 4.69) is 184 Å². The highest BCUT2D eigenvalue weighted by atomic mass is 15.0. The van der Waals surface area contributed by atoms with E-state index in [0.717, 1.165) is 50.3 Å². The van der Waals surface area contributed by atoms with Crippen LogP contribution in [0.25, 0.3) is 117 Å². The van der Waals surface area contributed by atoms with E-state index in [1.807, 2.05) is 60.7 Å². The summed E-state index contributed by atoms with van der Waals surface area (Å²) in [5, 5.41) is 6.05. The molecule has 304 valence electrons. The molecule has 0 aliphatic carbocycles. The van der Waals surface area contributed by atoms with Crippen LogP contribution in [-0.2, 0) is 0 Å². The third-order valence-electron chi connectivity index (χ3n) is 12.7. The van der Waals surface area contributed by atoms with Crippen molar-refractivity contribution in [2.24, 2.45) is 0 Å². The highest BCUT2D eigenvalue weighted by Crippen LogP contribution is 2.41. The number of nitrogens with zero attached hydrogens (tertiary/aromatic N) is 6. The van der Waals surface area contributed by atoms with Crippen LogP contribution in [-0.4, -0.2) is 28.7 Å². The number of hydrogen-bond acceptors (Lipinski definition) is 3. The minimum absolute atomic E-state index is 0.627. The lowest BCUT2D eigenvalue weighted by Crippen LogP contribution is -2.00. The van der Waals surface area contributed by atoms with Gasteiger partial charge in [-0.25, -0.2) is 15.0 Å². The zero-order valence-electron chi connectivity index (χ0n) is 35.1. The maximum absolute atomic E-state index is 5.02. The molecule has 4 aromatic heterocycles. The van der Waals surface area contributed by atoms with E-state index in [0.29, 0.717) is 17.5 Å². The quantitative estimate of drug-likeness (QED) is 0.161. The van der Waals surface area contributed by atoms with E-state index in [-0.39, 0.29) is 0 Å². The second-order valence-corrected chi connectivity index (χ2v) is 16.5. The molecule has 0 fully saturated rings. The van der Waals surface area contributed by atoms with Crippen LogP contribution >= 0.6 is 0 Å². The van der Waals surface area contributed by atoms with Crippen molar-refractivity contribution in [2.45, 2.75) is 0 Å². The topological polar surface area (TPSA) is 53.5 Å². The van der Waals surface area contributed by atoms with Crippen LogP contribution in [0.5, 0.6) is 0 Å². The molecule has 0 aliphatic rings. The molecule has 13 aromatic rings. The monoisotopic (exact) mass is 830 g/mol. The molecule has 6 heteroatoms. The first-order valence-electron chi connectivity index (χ1n) is 21.9. The molecule has 0 amide bonds. The van der Waals surface area contributed by atoms with Gasteiger partial charge in [0.25, 0.3) is 0 Å². The normalized spacial score (nSPS) is 11.7. The molecule has 6 nitrogen and oxygen atoms in total. The fourth-order valence-electron chi connectivity index (χ4n) is 9.69. The van der Waals surface area contributed by atoms with Gasteiger partial charge in [-0.2, -0.15) is 0 Å². The van der Waals surface area contributed by atoms with Crippen molar-refractivity contribution in [2.75, 3.05) is 0 Å². The van der Waals surface area contributed by atoms with Gasteiger partial charge in [-0.15, -0.1) is 0 Å². The molecule has 0 bridgehead atoms. The summed E-state index contributed by atoms with van der Waals surface area (Å²) in [4.78, 5) is 15.0. The molecule has 0 radical (unpaired) electrons. The van der Waals surface area contributed by atoms with E-state index in [4.69, 9.17) is 15.0 Å². The molecular formula is C59H38N6. The van der Waals surface area contributed by atoms with Gasteiger partial charge in [-0.1, -0.05) is 133 Å². The Kier molecular flexibility index (Phi) is 8.42. The maximum Gasteiger partial charge on any atom is 0.164 e. The summed E-state index contributed by atoms with van der Waals surface area (Å²) >= 11 is 0. The highest BCUT2D eigenvalue weighted by molar-refractivity contribution is 6.19. The van der Waals surface area contributed by atoms with Gasteiger partial charge in [-0.05, 0) is 102 Å². The summed E-state index contributed by atoms with van der Waals surface area (Å²) in [5.41, 5.74) is 14.3. The minimum Gasteiger partial charge on any atom is -0.316 e. The van der Waals surface area contributed by atoms with Crippen molar-refractivity contribution < 1.29 is 0 Å². The summed E-state index contributed by atoms with van der Waals surface area (Å²) in [5.74, 6) is 1.91. The largest absolute Gasteiger partial charge is 0.316 e. The Morgan fingerprint density at radius 1 is 0.262 bits per heavy atom. The summed E-state index contributed by atoms with van der Waals surface area (Å²) < 4.78 is 7.07. The zero-order valence-corrected chi connectivity index (χ0v) is 35.1. The Bertz CT molecular complexity index is 3850. The molecular weight excluding hydrogens is 793 g/mol. The molecule has 4 heterocycles. The van der Waals surface area contributed by atoms with E-state index >= 15 is 0 Å². The molecule has 0 unspecified atom stereocenters. The smallest absolute Gasteiger partial charge is 0.164 e. The lowest BCUT2D eigenvalue weighted by molar-refractivity contribution is 1.07. The van der Waals surface area contributed by atoms with Crippen LogP contribution in [0.15, 0.2) is 231 Å². The predicted molar refractivity (Wildman–Crippen MR) is 267 cm³/mol. The summed E-state index contributed by atoms with van der Waals surface area (Å²) in [7, 11) is 0. The molecule has 65 heavy (non-hydrogen) atoms. The van der Waals surface area contributed by atoms with E-state index in [1.54, 1.807) is 0 Å². The Hall–Kier alpha value is -8.87. The number of benzene rings is 9. The van der Waals surface area contributed by atoms with Crippen LogP contribution < -0.4 is 0 Å². The first-order chi connectivity index (χ1) is 32.2. The molecule has 0 atom stereocenters. The summed E-state index contributed by atoms with van der Waals surface area (Å²) in [6.07, 6.45) is 2.19. The van der Waals surface area contributed by atoms with Crippen LogP contribution in [0.2, 0.25) is 0 Å². The van der Waals surface area contributed by atoms with Crippen LogP contribution in [0.3, 0.4) is 0 Å². The Morgan fingerprint density at radius 3 is 1.32 bits per heavy atom. The Labute approximate surface area is 374 Å². The van der Waals surface area contributed by atoms with Gasteiger partial charge in [0.15, 0.2) is 17.5 Å². The van der Waals surface area contributed by atoms with Gasteiger partial charge in [-0.3, -0.25) is 0 Å². The number of para-hydroxylation sites is 3. The van der Waals surface area contributed by atoms with E-state index in [9.17, 15) is 0 Å². The Morgan fingerprint density at radius 2 is 0.708 bits per heavy atom. The van der Waals surface area contributed by atoms with Gasteiger partial charge in [0.2, 0.25) is 0 Å². The molecule has 0 N–H and O–H groups in total. The van der Waals surface area contributed by atoms with Crippen LogP contribution in [0.4, 0.5) is 0 Å². The van der Waals surface area contributed by atoms with Gasteiger partial charge in [0, 0.05) is 66.9 Å². The first-order valence-corrected chi connectivity index (χ1v) is 21.9. The fraction of sp³-hybridized carbons (Fsp3) is 0. The third kappa shape index (κ3) is 6.07. The Balaban J connectivity index is 0.984. The van der Waals surface area contributed by atoms with Gasteiger partial charge in [0.1, 0.15) is 0 Å². The van der Waals surface area contributed by atoms with Gasteiger partial charge >= 0.3 is 0 Å². The number of hydrogen-bond donors (Lipinski definition) is 0. The molecule has 0 saturated heterocycles. The van der Waals surface area contributed by atoms with Crippen LogP contribution in [0.1, 0.15) is 0 Å². The number of aromatic nitrogens is 6. The average Bonchev–Trinajstić information content (AvgIpc) is 4.07. The number of fused-ring (bicyclic) bond motifs is 8. The summed E-state index contributed by atoms with van der Waals surface area (Å²) in [6.45, 7) is 0. The first kappa shape index (κ1) is 36.8. The molecule has 0 spiro atoms. The predicted octanol–water partition coefficient (Wildman–Crippen LogP) is 14.7. The lowest BCUT2D eigenvalue weighted by Gasteiger charge is -2.12. The van der Waals surface area contributed by atoms with Crippen molar-refractivity contribution in [3.05, 3.63) is 231 Å². The van der Waals surface area contributed by atoms with Crippen molar-refractivity contribution >= 4 is 54.5 Å². The van der Waals surface area contributed by atoms with Crippen molar-refractivity contribution in [1.82, 2.24) is 28.7 Å². The molecule has 0 aliphatic heterocycles. The van der Waals surface area contributed by atoms with Gasteiger partial charge in [0.05, 0.1) is 27.6 Å². The summed E-state index contributed by atoms with van der Waals surface area (Å²) in [6, 6.07) is 79.5. The van der Waals surface area contributed by atoms with Gasteiger partial charge < -0.3 is 13.7 Å². The van der Waals surface area contributed by atoms with Crippen molar-refractivity contribution in [1.29, 1.82) is 0 Å². The van der Waals surface area contributed by atoms with E-state index in [1.165, 1.54) is 49.1 Å². The SMILES string of the molecule is c1ccc(-c2nc(-c3ccccc3)nc(-c3ccc(-n4c5ccc(-c6ccc7c(c6)c6ccccc6n7-c6ccccc6)cc5c5ccc6c(ccn6-c6ccccc6)c54)cc3)n2)cc1. The highest BCUT2D eigenvalue weighted by Gasteiger charge is 2.20. The van der Waals surface area contributed by atoms with Crippen molar-refractivity contribution in [3.8, 4) is 62.4 Å². The molecule has 0 saturated carbocycles. The fourth-order valence-corrected chi connectivity index (χ4v) is 9.69. The standard InChI is InChI=1S/C59H38N6/c1-5-15-39(16-6-1)57-60-58(40-17-7-2-8-18-40)62-59(61-57)41-25-29-46(30-26-41)65-55-33-28-43(38-51(55)48-31-34-52-49(56(48)65)35-36-63(52)44-19-9-3-10-20-44)42-27-32-54-50(37-42)47-23-13-14-24-53(47)64(54)45-21-11-4-12-22-45/h1-38H. The zero-order chi connectivity index (χ0) is 42.8. The minimum atomic E-state index is 0.627. The molecule has 13 rings (SSSR count). The average molecular weight is 831 g/mol.